The van der Waals surface area contributed by atoms with Crippen molar-refractivity contribution in [2.24, 2.45) is 0 Å². The molecule has 1 unspecified atom stereocenters. The first-order valence-electron chi connectivity index (χ1n) is 10.6. The molecule has 0 bridgehead atoms. The summed E-state index contributed by atoms with van der Waals surface area (Å²) in [5.74, 6) is 3.20. The zero-order valence-electron chi connectivity index (χ0n) is 18.0. The minimum atomic E-state index is -0.532. The third-order valence-corrected chi connectivity index (χ3v) is 6.22. The van der Waals surface area contributed by atoms with Crippen molar-refractivity contribution < 1.29 is 18.9 Å². The van der Waals surface area contributed by atoms with E-state index in [0.29, 0.717) is 34.0 Å². The monoisotopic (exact) mass is 452 g/mol. The fourth-order valence-corrected chi connectivity index (χ4v) is 4.45. The summed E-state index contributed by atoms with van der Waals surface area (Å²) in [6, 6.07) is 11.7. The maximum Gasteiger partial charge on any atom is 0.247 e. The van der Waals surface area contributed by atoms with Gasteiger partial charge in [-0.3, -0.25) is 0 Å². The maximum absolute atomic E-state index is 6.36. The number of aromatic nitrogens is 3. The van der Waals surface area contributed by atoms with E-state index in [2.05, 4.69) is 22.4 Å². The number of ether oxygens (including phenoxy) is 4. The van der Waals surface area contributed by atoms with Gasteiger partial charge >= 0.3 is 0 Å². The Kier molecular flexibility index (Phi) is 5.89. The molecule has 2 aliphatic rings. The molecule has 0 fully saturated rings. The van der Waals surface area contributed by atoms with Crippen LogP contribution in [-0.2, 0) is 0 Å². The minimum absolute atomic E-state index is 0.162. The van der Waals surface area contributed by atoms with Crippen LogP contribution in [-0.4, -0.2) is 34.8 Å². The number of nitrogens with one attached hydrogen (secondary N) is 1. The average Bonchev–Trinajstić information content (AvgIpc) is 3.23. The molecule has 0 amide bonds. The van der Waals surface area contributed by atoms with Crippen molar-refractivity contribution in [3.63, 3.8) is 0 Å². The highest BCUT2D eigenvalue weighted by Gasteiger charge is 2.29. The molecule has 2 aromatic carbocycles. The highest BCUT2D eigenvalue weighted by atomic mass is 32.2. The largest absolute Gasteiger partial charge is 0.493 e. The molecule has 3 heterocycles. The first kappa shape index (κ1) is 20.7. The normalized spacial score (nSPS) is 15.8. The molecule has 2 aliphatic heterocycles. The van der Waals surface area contributed by atoms with Crippen molar-refractivity contribution in [1.29, 1.82) is 0 Å². The van der Waals surface area contributed by atoms with Crippen LogP contribution in [0.25, 0.3) is 11.3 Å². The van der Waals surface area contributed by atoms with Crippen molar-refractivity contribution in [1.82, 2.24) is 15.2 Å². The van der Waals surface area contributed by atoms with Crippen molar-refractivity contribution in [3.8, 4) is 34.4 Å². The van der Waals surface area contributed by atoms with Gasteiger partial charge in [0.05, 0.1) is 7.11 Å². The first-order chi connectivity index (χ1) is 15.8. The molecule has 32 heavy (non-hydrogen) atoms. The third-order valence-electron chi connectivity index (χ3n) is 5.30. The molecule has 0 spiro atoms. The summed E-state index contributed by atoms with van der Waals surface area (Å²) >= 11 is 1.60. The second-order valence-corrected chi connectivity index (χ2v) is 8.51. The van der Waals surface area contributed by atoms with Crippen molar-refractivity contribution in [2.75, 3.05) is 25.0 Å². The van der Waals surface area contributed by atoms with E-state index in [1.807, 2.05) is 36.4 Å². The van der Waals surface area contributed by atoms with E-state index in [0.717, 1.165) is 29.0 Å². The molecule has 1 aromatic heterocycles. The van der Waals surface area contributed by atoms with E-state index in [9.17, 15) is 0 Å². The lowest BCUT2D eigenvalue weighted by Gasteiger charge is -2.20. The van der Waals surface area contributed by atoms with Gasteiger partial charge in [-0.1, -0.05) is 49.7 Å². The minimum Gasteiger partial charge on any atom is -0.493 e. The zero-order chi connectivity index (χ0) is 21.9. The van der Waals surface area contributed by atoms with Crippen LogP contribution in [0.2, 0.25) is 0 Å². The highest BCUT2D eigenvalue weighted by Crippen LogP contribution is 2.45. The number of methoxy groups -OCH3 is 1. The Bertz CT molecular complexity index is 1130. The van der Waals surface area contributed by atoms with E-state index in [1.165, 1.54) is 12.8 Å². The molecule has 8 nitrogen and oxygen atoms in total. The van der Waals surface area contributed by atoms with E-state index in [-0.39, 0.29) is 6.79 Å². The molecule has 9 heteroatoms. The fraction of sp³-hybridized carbons (Fsp3) is 0.348. The van der Waals surface area contributed by atoms with Crippen LogP contribution in [0, 0.1) is 0 Å². The van der Waals surface area contributed by atoms with Gasteiger partial charge in [0, 0.05) is 22.6 Å². The number of unbranched alkanes of at least 4 members (excludes halogenated alkanes) is 2. The number of nitrogens with zero attached hydrogens (tertiary/aromatic N) is 3. The van der Waals surface area contributed by atoms with Gasteiger partial charge in [0.15, 0.2) is 23.4 Å². The number of rotatable bonds is 7. The van der Waals surface area contributed by atoms with E-state index in [4.69, 9.17) is 23.9 Å². The van der Waals surface area contributed by atoms with Gasteiger partial charge in [0.1, 0.15) is 0 Å². The van der Waals surface area contributed by atoms with Crippen molar-refractivity contribution in [2.45, 2.75) is 37.6 Å². The van der Waals surface area contributed by atoms with E-state index >= 15 is 0 Å². The Morgan fingerprint density at radius 3 is 2.94 bits per heavy atom. The number of benzene rings is 2. The van der Waals surface area contributed by atoms with Crippen molar-refractivity contribution >= 4 is 17.4 Å². The van der Waals surface area contributed by atoms with Gasteiger partial charge < -0.3 is 24.3 Å². The molecular formula is C23H24N4O4S. The van der Waals surface area contributed by atoms with Crippen LogP contribution in [0.1, 0.15) is 38.0 Å². The Balaban J connectivity index is 1.52. The summed E-state index contributed by atoms with van der Waals surface area (Å²) in [5.41, 5.74) is 3.21. The van der Waals surface area contributed by atoms with Gasteiger partial charge in [-0.2, -0.15) is 4.98 Å². The van der Waals surface area contributed by atoms with E-state index in [1.54, 1.807) is 18.9 Å². The van der Waals surface area contributed by atoms with E-state index < -0.39 is 6.23 Å². The summed E-state index contributed by atoms with van der Waals surface area (Å²) in [5, 5.41) is 12.9. The van der Waals surface area contributed by atoms with Crippen molar-refractivity contribution in [3.05, 3.63) is 42.0 Å². The van der Waals surface area contributed by atoms with Gasteiger partial charge in [-0.15, -0.1) is 10.2 Å². The van der Waals surface area contributed by atoms with Gasteiger partial charge in [-0.05, 0) is 24.6 Å². The predicted octanol–water partition coefficient (Wildman–Crippen LogP) is 5.06. The summed E-state index contributed by atoms with van der Waals surface area (Å²) in [6.45, 7) is 2.35. The fourth-order valence-electron chi connectivity index (χ4n) is 3.68. The molecule has 0 saturated carbocycles. The Labute approximate surface area is 190 Å². The lowest BCUT2D eigenvalue weighted by molar-refractivity contribution is 0.171. The number of hydrogen-bond acceptors (Lipinski definition) is 9. The van der Waals surface area contributed by atoms with Crippen LogP contribution in [0.15, 0.2) is 41.6 Å². The quantitative estimate of drug-likeness (QED) is 0.390. The number of hydrogen-bond donors (Lipinski definition) is 1. The number of anilines is 1. The predicted molar refractivity (Wildman–Crippen MR) is 122 cm³/mol. The van der Waals surface area contributed by atoms with Gasteiger partial charge in [-0.25, -0.2) is 0 Å². The highest BCUT2D eigenvalue weighted by molar-refractivity contribution is 7.99. The lowest BCUT2D eigenvalue weighted by atomic mass is 10.1. The molecule has 0 saturated heterocycles. The Hall–Kier alpha value is -3.20. The van der Waals surface area contributed by atoms with Crippen LogP contribution in [0.4, 0.5) is 5.69 Å². The number of fused-ring (bicyclic) bond motifs is 4. The second-order valence-electron chi connectivity index (χ2n) is 7.45. The van der Waals surface area contributed by atoms with Crippen LogP contribution >= 0.6 is 11.8 Å². The SMILES string of the molecule is CCCCCSc1nnc2c(n1)OC(c1cc(OC)c3c(c1)OCO3)Nc1ccccc1-2. The Morgan fingerprint density at radius 1 is 1.16 bits per heavy atom. The number of thioether (sulfide) groups is 1. The Morgan fingerprint density at radius 2 is 2.06 bits per heavy atom. The summed E-state index contributed by atoms with van der Waals surface area (Å²) in [7, 11) is 1.60. The first-order valence-corrected chi connectivity index (χ1v) is 11.6. The van der Waals surface area contributed by atoms with Gasteiger partial charge in [0.2, 0.25) is 23.6 Å². The molecule has 0 radical (unpaired) electrons. The summed E-state index contributed by atoms with van der Waals surface area (Å²) < 4.78 is 23.0. The maximum atomic E-state index is 6.36. The zero-order valence-corrected chi connectivity index (χ0v) is 18.8. The molecular weight excluding hydrogens is 428 g/mol. The summed E-state index contributed by atoms with van der Waals surface area (Å²) in [6.07, 6.45) is 2.95. The second kappa shape index (κ2) is 9.12. The molecule has 1 N–H and O–H groups in total. The lowest BCUT2D eigenvalue weighted by Crippen LogP contribution is -2.17. The smallest absolute Gasteiger partial charge is 0.247 e. The molecule has 3 aromatic rings. The average molecular weight is 453 g/mol. The topological polar surface area (TPSA) is 87.6 Å². The summed E-state index contributed by atoms with van der Waals surface area (Å²) in [4.78, 5) is 4.70. The van der Waals surface area contributed by atoms with Gasteiger partial charge in [0.25, 0.3) is 0 Å². The van der Waals surface area contributed by atoms with Crippen LogP contribution < -0.4 is 24.3 Å². The third kappa shape index (κ3) is 4.00. The molecule has 0 aliphatic carbocycles. The van der Waals surface area contributed by atoms with Crippen LogP contribution in [0.3, 0.4) is 0 Å². The molecule has 5 rings (SSSR count). The van der Waals surface area contributed by atoms with Crippen LogP contribution in [0.5, 0.6) is 23.1 Å². The number of para-hydroxylation sites is 1. The molecule has 1 atom stereocenters. The molecule has 166 valence electrons. The standard InChI is InChI=1S/C23H24N4O4S/c1-3-4-7-10-32-23-25-22-19(26-27-23)15-8-5-6-9-16(15)24-21(31-22)14-11-17(28-2)20-18(12-14)29-13-30-20/h5-6,8-9,11-12,21,24H,3-4,7,10,13H2,1-2H3.